The average Bonchev–Trinajstić information content (AvgIpc) is 3.15. The molecule has 2 aromatic rings. The monoisotopic (exact) mass is 400 g/mol. The number of nitrogens with one attached hydrogen (secondary N) is 2. The summed E-state index contributed by atoms with van der Waals surface area (Å²) >= 11 is 0. The number of ether oxygens (including phenoxy) is 1. The smallest absolute Gasteiger partial charge is 0.180 e. The van der Waals surface area contributed by atoms with E-state index < -0.39 is 0 Å². The fraction of sp³-hybridized carbons (Fsp3) is 0.667. The summed E-state index contributed by atoms with van der Waals surface area (Å²) in [6.07, 6.45) is 4.28. The van der Waals surface area contributed by atoms with E-state index in [0.717, 1.165) is 69.2 Å². The summed E-state index contributed by atoms with van der Waals surface area (Å²) in [5, 5.41) is 11.6. The third-order valence-electron chi connectivity index (χ3n) is 5.86. The van der Waals surface area contributed by atoms with Crippen molar-refractivity contribution >= 4 is 17.1 Å². The standard InChI is InChI=1S/C21H32N6O2/c1-14(2)20-12-23-21-19(10-18(15(3)28)25-27(20)21)24-16-4-7-26(8-5-16)13-17-11-22-6-9-29-17/h10,12,14,16-17,22,24H,4-9,11,13H2,1-3H3/t17-/m1/s1. The van der Waals surface area contributed by atoms with Crippen LogP contribution in [-0.4, -0.2) is 76.8 Å². The van der Waals surface area contributed by atoms with Crippen molar-refractivity contribution in [1.29, 1.82) is 0 Å². The van der Waals surface area contributed by atoms with E-state index in [0.29, 0.717) is 17.8 Å². The Kier molecular flexibility index (Phi) is 6.12. The maximum Gasteiger partial charge on any atom is 0.180 e. The highest BCUT2D eigenvalue weighted by atomic mass is 16.5. The van der Waals surface area contributed by atoms with Crippen LogP contribution in [-0.2, 0) is 4.74 Å². The van der Waals surface area contributed by atoms with Gasteiger partial charge in [0.05, 0.1) is 30.3 Å². The van der Waals surface area contributed by atoms with E-state index in [1.165, 1.54) is 0 Å². The molecule has 2 N–H and O–H groups in total. The molecule has 8 nitrogen and oxygen atoms in total. The maximum absolute atomic E-state index is 12.0. The lowest BCUT2D eigenvalue weighted by atomic mass is 10.0. The highest BCUT2D eigenvalue weighted by Crippen LogP contribution is 2.25. The lowest BCUT2D eigenvalue weighted by Gasteiger charge is -2.36. The molecule has 29 heavy (non-hydrogen) atoms. The van der Waals surface area contributed by atoms with Gasteiger partial charge in [-0.3, -0.25) is 4.79 Å². The van der Waals surface area contributed by atoms with Crippen molar-refractivity contribution in [3.63, 3.8) is 0 Å². The summed E-state index contributed by atoms with van der Waals surface area (Å²) < 4.78 is 7.66. The van der Waals surface area contributed by atoms with Gasteiger partial charge in [0, 0.05) is 45.7 Å². The predicted molar refractivity (Wildman–Crippen MR) is 113 cm³/mol. The molecule has 0 radical (unpaired) electrons. The minimum absolute atomic E-state index is 0.0331. The van der Waals surface area contributed by atoms with E-state index in [-0.39, 0.29) is 11.7 Å². The zero-order valence-corrected chi connectivity index (χ0v) is 17.6. The molecule has 8 heteroatoms. The van der Waals surface area contributed by atoms with Crippen LogP contribution in [0.25, 0.3) is 5.65 Å². The number of Topliss-reactive ketones (excluding diaryl/α,β-unsaturated/α-hetero) is 1. The molecular weight excluding hydrogens is 368 g/mol. The summed E-state index contributed by atoms with van der Waals surface area (Å²) in [7, 11) is 0. The highest BCUT2D eigenvalue weighted by molar-refractivity contribution is 5.93. The molecule has 0 aromatic carbocycles. The Morgan fingerprint density at radius 1 is 1.38 bits per heavy atom. The first kappa shape index (κ1) is 20.3. The number of anilines is 1. The van der Waals surface area contributed by atoms with Crippen molar-refractivity contribution in [3.05, 3.63) is 23.7 Å². The zero-order chi connectivity index (χ0) is 20.4. The van der Waals surface area contributed by atoms with E-state index in [9.17, 15) is 4.79 Å². The second-order valence-electron chi connectivity index (χ2n) is 8.49. The molecule has 4 rings (SSSR count). The lowest BCUT2D eigenvalue weighted by Crippen LogP contribution is -2.48. The average molecular weight is 401 g/mol. The van der Waals surface area contributed by atoms with Crippen molar-refractivity contribution in [2.75, 3.05) is 44.6 Å². The first-order valence-corrected chi connectivity index (χ1v) is 10.7. The van der Waals surface area contributed by atoms with E-state index in [1.54, 1.807) is 6.92 Å². The van der Waals surface area contributed by atoms with Crippen LogP contribution in [0.1, 0.15) is 55.7 Å². The molecule has 2 aliphatic heterocycles. The van der Waals surface area contributed by atoms with Crippen LogP contribution in [0.15, 0.2) is 12.3 Å². The molecule has 0 bridgehead atoms. The van der Waals surface area contributed by atoms with Crippen LogP contribution in [0.4, 0.5) is 5.69 Å². The Morgan fingerprint density at radius 3 is 2.83 bits per heavy atom. The summed E-state index contributed by atoms with van der Waals surface area (Å²) in [5.74, 6) is 0.251. The number of morpholine rings is 1. The Morgan fingerprint density at radius 2 is 2.17 bits per heavy atom. The number of aromatic nitrogens is 3. The van der Waals surface area contributed by atoms with Crippen LogP contribution in [0, 0.1) is 0 Å². The molecule has 0 spiro atoms. The number of fused-ring (bicyclic) bond motifs is 1. The zero-order valence-electron chi connectivity index (χ0n) is 17.6. The molecule has 0 aliphatic carbocycles. The summed E-state index contributed by atoms with van der Waals surface area (Å²) in [5.41, 5.74) is 3.18. The molecular formula is C21H32N6O2. The van der Waals surface area contributed by atoms with Gasteiger partial charge in [-0.2, -0.15) is 5.10 Å². The molecule has 2 aromatic heterocycles. The number of carbonyl (C=O) groups excluding carboxylic acids is 1. The van der Waals surface area contributed by atoms with Crippen molar-refractivity contribution in [2.45, 2.75) is 51.7 Å². The second kappa shape index (κ2) is 8.77. The van der Waals surface area contributed by atoms with E-state index in [1.807, 2.05) is 16.8 Å². The van der Waals surface area contributed by atoms with Crippen molar-refractivity contribution in [1.82, 2.24) is 24.8 Å². The number of ketones is 1. The normalized spacial score (nSPS) is 21.7. The number of hydrogen-bond acceptors (Lipinski definition) is 7. The van der Waals surface area contributed by atoms with Gasteiger partial charge in [0.15, 0.2) is 11.4 Å². The van der Waals surface area contributed by atoms with Crippen molar-refractivity contribution < 1.29 is 9.53 Å². The topological polar surface area (TPSA) is 83.8 Å². The van der Waals surface area contributed by atoms with Crippen LogP contribution < -0.4 is 10.6 Å². The third kappa shape index (κ3) is 4.60. The minimum Gasteiger partial charge on any atom is -0.379 e. The Hall–Kier alpha value is -2.03. The van der Waals surface area contributed by atoms with Gasteiger partial charge in [0.2, 0.25) is 0 Å². The number of hydrogen-bond donors (Lipinski definition) is 2. The number of likely N-dealkylation sites (tertiary alicyclic amines) is 1. The highest BCUT2D eigenvalue weighted by Gasteiger charge is 2.24. The molecule has 2 fully saturated rings. The first-order chi connectivity index (χ1) is 14.0. The van der Waals surface area contributed by atoms with Crippen LogP contribution >= 0.6 is 0 Å². The number of piperidine rings is 1. The molecule has 1 atom stereocenters. The lowest BCUT2D eigenvalue weighted by molar-refractivity contribution is 0.00179. The van der Waals surface area contributed by atoms with Gasteiger partial charge >= 0.3 is 0 Å². The molecule has 0 unspecified atom stereocenters. The molecule has 2 saturated heterocycles. The largest absolute Gasteiger partial charge is 0.379 e. The van der Waals surface area contributed by atoms with Crippen LogP contribution in [0.5, 0.6) is 0 Å². The fourth-order valence-electron chi connectivity index (χ4n) is 4.16. The van der Waals surface area contributed by atoms with Crippen molar-refractivity contribution in [3.8, 4) is 0 Å². The second-order valence-corrected chi connectivity index (χ2v) is 8.49. The summed E-state index contributed by atoms with van der Waals surface area (Å²) in [4.78, 5) is 19.1. The van der Waals surface area contributed by atoms with E-state index >= 15 is 0 Å². The third-order valence-corrected chi connectivity index (χ3v) is 5.86. The Balaban J connectivity index is 1.44. The Bertz CT molecular complexity index is 850. The molecule has 0 amide bonds. The van der Waals surface area contributed by atoms with Gasteiger partial charge in [-0.05, 0) is 24.8 Å². The van der Waals surface area contributed by atoms with E-state index in [2.05, 4.69) is 39.5 Å². The molecule has 158 valence electrons. The number of rotatable bonds is 6. The maximum atomic E-state index is 12.0. The molecule has 2 aliphatic rings. The van der Waals surface area contributed by atoms with Crippen LogP contribution in [0.3, 0.4) is 0 Å². The SMILES string of the molecule is CC(=O)c1cc(NC2CCN(C[C@H]3CNCCO3)CC2)c2ncc(C(C)C)n2n1. The number of nitrogens with zero attached hydrogens (tertiary/aromatic N) is 4. The molecule has 4 heterocycles. The molecule has 0 saturated carbocycles. The number of carbonyl (C=O) groups is 1. The first-order valence-electron chi connectivity index (χ1n) is 10.7. The van der Waals surface area contributed by atoms with Crippen LogP contribution in [0.2, 0.25) is 0 Å². The summed E-state index contributed by atoms with van der Waals surface area (Å²) in [6.45, 7) is 11.6. The van der Waals surface area contributed by atoms with Gasteiger partial charge < -0.3 is 20.3 Å². The van der Waals surface area contributed by atoms with Gasteiger partial charge in [-0.15, -0.1) is 0 Å². The number of imidazole rings is 1. The Labute approximate surface area is 172 Å². The van der Waals surface area contributed by atoms with Crippen molar-refractivity contribution in [2.24, 2.45) is 0 Å². The van der Waals surface area contributed by atoms with Gasteiger partial charge in [0.1, 0.15) is 5.69 Å². The van der Waals surface area contributed by atoms with Gasteiger partial charge in [-0.1, -0.05) is 13.8 Å². The minimum atomic E-state index is -0.0331. The van der Waals surface area contributed by atoms with Gasteiger partial charge in [-0.25, -0.2) is 9.50 Å². The van der Waals surface area contributed by atoms with Gasteiger partial charge in [0.25, 0.3) is 0 Å². The fourth-order valence-corrected chi connectivity index (χ4v) is 4.16. The summed E-state index contributed by atoms with van der Waals surface area (Å²) in [6, 6.07) is 2.21. The quantitative estimate of drug-likeness (QED) is 0.717. The van der Waals surface area contributed by atoms with E-state index in [4.69, 9.17) is 4.74 Å². The predicted octanol–water partition coefficient (Wildman–Crippen LogP) is 1.92.